The van der Waals surface area contributed by atoms with Gasteiger partial charge in [-0.25, -0.2) is 14.4 Å². The molecule has 0 radical (unpaired) electrons. The van der Waals surface area contributed by atoms with Crippen molar-refractivity contribution in [2.75, 3.05) is 11.9 Å². The Morgan fingerprint density at radius 1 is 1.12 bits per heavy atom. The third-order valence-corrected chi connectivity index (χ3v) is 3.96. The molecule has 3 rings (SSSR count). The highest BCUT2D eigenvalue weighted by molar-refractivity contribution is 6.38. The summed E-state index contributed by atoms with van der Waals surface area (Å²) in [6.07, 6.45) is 1.27. The van der Waals surface area contributed by atoms with E-state index >= 15 is 0 Å². The average Bonchev–Trinajstić information content (AvgIpc) is 2.56. The molecule has 9 heteroatoms. The SMILES string of the molecule is O=C(COc1ncnc2c(Cl)cc(Cl)cc12)Nc1ccc(F)c(Cl)c1. The Morgan fingerprint density at radius 3 is 2.68 bits per heavy atom. The number of nitrogens with one attached hydrogen (secondary N) is 1. The standard InChI is InChI=1S/C16H9Cl3FN3O2/c17-8-3-10-15(12(19)4-8)21-7-22-16(10)25-6-14(24)23-9-1-2-13(20)11(18)5-9/h1-5,7H,6H2,(H,23,24). The van der Waals surface area contributed by atoms with E-state index in [1.54, 1.807) is 12.1 Å². The van der Waals surface area contributed by atoms with Gasteiger partial charge >= 0.3 is 0 Å². The Hall–Kier alpha value is -2.15. The van der Waals surface area contributed by atoms with Crippen LogP contribution in [0, 0.1) is 5.82 Å². The number of hydrogen-bond donors (Lipinski definition) is 1. The van der Waals surface area contributed by atoms with Gasteiger partial charge in [-0.3, -0.25) is 4.79 Å². The first kappa shape index (κ1) is 17.7. The van der Waals surface area contributed by atoms with Gasteiger partial charge in [0.2, 0.25) is 5.88 Å². The number of hydrogen-bond acceptors (Lipinski definition) is 4. The lowest BCUT2D eigenvalue weighted by atomic mass is 10.2. The summed E-state index contributed by atoms with van der Waals surface area (Å²) < 4.78 is 18.5. The van der Waals surface area contributed by atoms with Crippen LogP contribution in [0.2, 0.25) is 15.1 Å². The number of carbonyl (C=O) groups is 1. The van der Waals surface area contributed by atoms with Crippen LogP contribution in [-0.2, 0) is 4.79 Å². The van der Waals surface area contributed by atoms with Gasteiger partial charge in [-0.2, -0.15) is 0 Å². The van der Waals surface area contributed by atoms with Crippen LogP contribution in [0.15, 0.2) is 36.7 Å². The first-order chi connectivity index (χ1) is 11.9. The van der Waals surface area contributed by atoms with Crippen molar-refractivity contribution < 1.29 is 13.9 Å². The van der Waals surface area contributed by atoms with Crippen molar-refractivity contribution in [3.63, 3.8) is 0 Å². The summed E-state index contributed by atoms with van der Waals surface area (Å²) in [5, 5.41) is 3.67. The van der Waals surface area contributed by atoms with Crippen molar-refractivity contribution in [1.29, 1.82) is 0 Å². The maximum absolute atomic E-state index is 13.1. The van der Waals surface area contributed by atoms with Gasteiger partial charge < -0.3 is 10.1 Å². The lowest BCUT2D eigenvalue weighted by Gasteiger charge is -2.09. The van der Waals surface area contributed by atoms with Gasteiger partial charge in [-0.15, -0.1) is 0 Å². The smallest absolute Gasteiger partial charge is 0.262 e. The van der Waals surface area contributed by atoms with Crippen LogP contribution in [-0.4, -0.2) is 22.5 Å². The minimum absolute atomic E-state index is 0.0928. The molecule has 0 fully saturated rings. The van der Waals surface area contributed by atoms with Crippen molar-refractivity contribution >= 4 is 57.3 Å². The Kier molecular flexibility index (Phi) is 5.22. The number of ether oxygens (including phenoxy) is 1. The number of benzene rings is 2. The molecule has 25 heavy (non-hydrogen) atoms. The molecule has 0 aliphatic heterocycles. The summed E-state index contributed by atoms with van der Waals surface area (Å²) in [7, 11) is 0. The first-order valence-electron chi connectivity index (χ1n) is 6.91. The van der Waals surface area contributed by atoms with Crippen molar-refractivity contribution in [1.82, 2.24) is 9.97 Å². The normalized spacial score (nSPS) is 10.7. The molecule has 0 unspecified atom stereocenters. The summed E-state index contributed by atoms with van der Waals surface area (Å²) >= 11 is 17.7. The molecule has 1 amide bonds. The predicted octanol–water partition coefficient (Wildman–Crippen LogP) is 4.75. The highest BCUT2D eigenvalue weighted by Gasteiger charge is 2.12. The second-order valence-corrected chi connectivity index (χ2v) is 6.18. The summed E-state index contributed by atoms with van der Waals surface area (Å²) in [5.74, 6) is -0.874. The second kappa shape index (κ2) is 7.39. The Labute approximate surface area is 156 Å². The molecule has 128 valence electrons. The number of amides is 1. The van der Waals surface area contributed by atoms with Crippen molar-refractivity contribution in [2.24, 2.45) is 0 Å². The van der Waals surface area contributed by atoms with E-state index < -0.39 is 11.7 Å². The topological polar surface area (TPSA) is 64.1 Å². The van der Waals surface area contributed by atoms with Crippen molar-refractivity contribution in [3.05, 3.63) is 57.5 Å². The molecule has 1 N–H and O–H groups in total. The molecule has 0 atom stereocenters. The lowest BCUT2D eigenvalue weighted by Crippen LogP contribution is -2.20. The molecule has 0 bridgehead atoms. The molecule has 0 saturated carbocycles. The number of halogens is 4. The van der Waals surface area contributed by atoms with Gasteiger partial charge in [0.05, 0.1) is 20.9 Å². The molecule has 0 aliphatic carbocycles. The Morgan fingerprint density at radius 2 is 1.92 bits per heavy atom. The van der Waals surface area contributed by atoms with Gasteiger partial charge in [0.25, 0.3) is 5.91 Å². The predicted molar refractivity (Wildman–Crippen MR) is 95.1 cm³/mol. The molecule has 1 aromatic heterocycles. The van der Waals surface area contributed by atoms with Gasteiger partial charge in [0, 0.05) is 10.7 Å². The van der Waals surface area contributed by atoms with E-state index in [0.717, 1.165) is 6.07 Å². The van der Waals surface area contributed by atoms with Gasteiger partial charge in [0.15, 0.2) is 6.61 Å². The largest absolute Gasteiger partial charge is 0.467 e. The van der Waals surface area contributed by atoms with Gasteiger partial charge in [-0.05, 0) is 30.3 Å². The van der Waals surface area contributed by atoms with Gasteiger partial charge in [0.1, 0.15) is 12.1 Å². The molecular formula is C16H9Cl3FN3O2. The van der Waals surface area contributed by atoms with E-state index in [1.807, 2.05) is 0 Å². The Balaban J connectivity index is 1.74. The zero-order chi connectivity index (χ0) is 18.0. The van der Waals surface area contributed by atoms with Gasteiger partial charge in [-0.1, -0.05) is 34.8 Å². The van der Waals surface area contributed by atoms with Crippen LogP contribution in [0.3, 0.4) is 0 Å². The molecule has 3 aromatic rings. The molecule has 0 aliphatic rings. The van der Waals surface area contributed by atoms with Crippen LogP contribution >= 0.6 is 34.8 Å². The van der Waals surface area contributed by atoms with E-state index in [9.17, 15) is 9.18 Å². The summed E-state index contributed by atoms with van der Waals surface area (Å²) in [6, 6.07) is 6.98. The number of carbonyl (C=O) groups excluding carboxylic acids is 1. The number of rotatable bonds is 4. The fourth-order valence-electron chi connectivity index (χ4n) is 2.09. The third kappa shape index (κ3) is 4.10. The number of anilines is 1. The zero-order valence-electron chi connectivity index (χ0n) is 12.4. The second-order valence-electron chi connectivity index (χ2n) is 4.93. The van der Waals surface area contributed by atoms with E-state index in [2.05, 4.69) is 15.3 Å². The molecule has 0 spiro atoms. The van der Waals surface area contributed by atoms with Crippen molar-refractivity contribution in [2.45, 2.75) is 0 Å². The fraction of sp³-hybridized carbons (Fsp3) is 0.0625. The molecule has 5 nitrogen and oxygen atoms in total. The minimum atomic E-state index is -0.572. The third-order valence-electron chi connectivity index (χ3n) is 3.16. The highest BCUT2D eigenvalue weighted by atomic mass is 35.5. The number of aromatic nitrogens is 2. The van der Waals surface area contributed by atoms with E-state index in [-0.39, 0.29) is 17.5 Å². The van der Waals surface area contributed by atoms with E-state index in [0.29, 0.717) is 26.6 Å². The van der Waals surface area contributed by atoms with Crippen LogP contribution < -0.4 is 10.1 Å². The van der Waals surface area contributed by atoms with Crippen molar-refractivity contribution in [3.8, 4) is 5.88 Å². The highest BCUT2D eigenvalue weighted by Crippen LogP contribution is 2.30. The molecule has 2 aromatic carbocycles. The summed E-state index contributed by atoms with van der Waals surface area (Å²) in [4.78, 5) is 20.0. The Bertz CT molecular complexity index is 969. The van der Waals surface area contributed by atoms with Crippen LogP contribution in [0.1, 0.15) is 0 Å². The van der Waals surface area contributed by atoms with Crippen LogP contribution in [0.5, 0.6) is 5.88 Å². The fourth-order valence-corrected chi connectivity index (χ4v) is 2.81. The minimum Gasteiger partial charge on any atom is -0.467 e. The average molecular weight is 401 g/mol. The van der Waals surface area contributed by atoms with Crippen LogP contribution in [0.25, 0.3) is 10.9 Å². The molecule has 0 saturated heterocycles. The maximum atomic E-state index is 13.1. The molecule has 1 heterocycles. The quantitative estimate of drug-likeness (QED) is 0.686. The maximum Gasteiger partial charge on any atom is 0.262 e. The molecular weight excluding hydrogens is 392 g/mol. The number of fused-ring (bicyclic) bond motifs is 1. The summed E-state index contributed by atoms with van der Waals surface area (Å²) in [5.41, 5.74) is 0.806. The zero-order valence-corrected chi connectivity index (χ0v) is 14.7. The lowest BCUT2D eigenvalue weighted by molar-refractivity contribution is -0.118. The first-order valence-corrected chi connectivity index (χ1v) is 8.05. The van der Waals surface area contributed by atoms with Crippen LogP contribution in [0.4, 0.5) is 10.1 Å². The van der Waals surface area contributed by atoms with E-state index in [1.165, 1.54) is 18.5 Å². The van der Waals surface area contributed by atoms with E-state index in [4.69, 9.17) is 39.5 Å². The summed E-state index contributed by atoms with van der Waals surface area (Å²) in [6.45, 7) is -0.328. The monoisotopic (exact) mass is 399 g/mol. The number of nitrogens with zero attached hydrogens (tertiary/aromatic N) is 2.